The lowest BCUT2D eigenvalue weighted by molar-refractivity contribution is -0.384. The number of carbonyl (C=O) groups excluding carboxylic acids is 1. The van der Waals surface area contributed by atoms with Crippen LogP contribution in [0.2, 0.25) is 0 Å². The second-order valence-corrected chi connectivity index (χ2v) is 10.3. The number of nitro groups is 1. The minimum atomic E-state index is -0.707. The van der Waals surface area contributed by atoms with Crippen LogP contribution in [-0.4, -0.2) is 36.2 Å². The Hall–Kier alpha value is -4.77. The van der Waals surface area contributed by atoms with E-state index >= 15 is 0 Å². The summed E-state index contributed by atoms with van der Waals surface area (Å²) in [6.45, 7) is 3.67. The monoisotopic (exact) mass is 558 g/mol. The number of anilines is 1. The van der Waals surface area contributed by atoms with Crippen molar-refractivity contribution in [2.24, 2.45) is 4.99 Å². The number of carbonyl (C=O) groups is 1. The van der Waals surface area contributed by atoms with E-state index in [1.54, 1.807) is 44.2 Å². The molecule has 3 heterocycles. The summed E-state index contributed by atoms with van der Waals surface area (Å²) in [6.07, 6.45) is 1.63. The Balaban J connectivity index is 1.59. The predicted octanol–water partition coefficient (Wildman–Crippen LogP) is 4.03. The maximum atomic E-state index is 13.8. The van der Waals surface area contributed by atoms with Gasteiger partial charge in [-0.2, -0.15) is 0 Å². The van der Waals surface area contributed by atoms with Crippen molar-refractivity contribution in [2.45, 2.75) is 19.9 Å². The predicted molar refractivity (Wildman–Crippen MR) is 152 cm³/mol. The lowest BCUT2D eigenvalue weighted by atomic mass is 9.95. The van der Waals surface area contributed by atoms with Crippen molar-refractivity contribution in [3.05, 3.63) is 113 Å². The van der Waals surface area contributed by atoms with Crippen molar-refractivity contribution in [1.82, 2.24) is 4.57 Å². The molecule has 11 heteroatoms. The Morgan fingerprint density at radius 3 is 2.48 bits per heavy atom. The fraction of sp³-hybridized carbons (Fsp3) is 0.207. The number of thiazole rings is 1. The van der Waals surface area contributed by atoms with Crippen molar-refractivity contribution >= 4 is 34.8 Å². The molecule has 0 aliphatic carbocycles. The number of allylic oxidation sites excluding steroid dienone is 1. The van der Waals surface area contributed by atoms with E-state index in [0.717, 1.165) is 11.3 Å². The molecule has 10 nitrogen and oxygen atoms in total. The largest absolute Gasteiger partial charge is 0.463 e. The van der Waals surface area contributed by atoms with Crippen LogP contribution in [0.4, 0.5) is 11.4 Å². The van der Waals surface area contributed by atoms with E-state index in [2.05, 4.69) is 4.99 Å². The molecule has 2 aromatic heterocycles. The highest BCUT2D eigenvalue weighted by Crippen LogP contribution is 2.32. The summed E-state index contributed by atoms with van der Waals surface area (Å²) < 4.78 is 13.2. The summed E-state index contributed by atoms with van der Waals surface area (Å²) in [7, 11) is 3.88. The fourth-order valence-corrected chi connectivity index (χ4v) is 5.55. The maximum Gasteiger partial charge on any atom is 0.338 e. The molecule has 5 rings (SSSR count). The third-order valence-electron chi connectivity index (χ3n) is 6.51. The molecule has 0 unspecified atom stereocenters. The molecule has 1 aliphatic heterocycles. The first-order valence-electron chi connectivity index (χ1n) is 12.5. The number of nitro benzene ring substituents is 1. The zero-order valence-corrected chi connectivity index (χ0v) is 23.1. The standard InChI is InChI=1S/C29H26N4O6S/c1-5-38-28(35)25-17(2)30-29-32(26(25)19-8-10-20(11-9-19)31(3)4)27(34)24(40-29)16-22-14-15-23(39-22)18-6-12-21(13-7-18)33(36)37/h6-16,26H,5H2,1-4H3/b24-16+/t26-/m1/s1. The molecule has 204 valence electrons. The van der Waals surface area contributed by atoms with Crippen LogP contribution < -0.4 is 19.8 Å². The van der Waals surface area contributed by atoms with Crippen molar-refractivity contribution < 1.29 is 18.9 Å². The summed E-state index contributed by atoms with van der Waals surface area (Å²) in [5.74, 6) is 0.429. The molecule has 0 amide bonds. The molecule has 4 aromatic rings. The van der Waals surface area contributed by atoms with Gasteiger partial charge in [0.25, 0.3) is 11.2 Å². The number of benzene rings is 2. The van der Waals surface area contributed by atoms with Crippen LogP contribution in [0, 0.1) is 10.1 Å². The number of aromatic nitrogens is 1. The van der Waals surface area contributed by atoms with Gasteiger partial charge in [-0.15, -0.1) is 0 Å². The molecular formula is C29H26N4O6S. The minimum absolute atomic E-state index is 0.0139. The Bertz CT molecular complexity index is 1810. The number of ether oxygens (including phenoxy) is 1. The number of hydrogen-bond acceptors (Lipinski definition) is 9. The van der Waals surface area contributed by atoms with E-state index in [1.165, 1.54) is 28.0 Å². The first-order chi connectivity index (χ1) is 19.2. The molecule has 0 radical (unpaired) electrons. The van der Waals surface area contributed by atoms with Gasteiger partial charge in [0, 0.05) is 43.6 Å². The van der Waals surface area contributed by atoms with Gasteiger partial charge in [-0.25, -0.2) is 9.79 Å². The number of esters is 1. The Labute approximate surface area is 232 Å². The van der Waals surface area contributed by atoms with Crippen LogP contribution >= 0.6 is 11.3 Å². The molecule has 0 N–H and O–H groups in total. The first-order valence-corrected chi connectivity index (χ1v) is 13.3. The Kier molecular flexibility index (Phi) is 7.22. The van der Waals surface area contributed by atoms with Gasteiger partial charge >= 0.3 is 5.97 Å². The molecule has 40 heavy (non-hydrogen) atoms. The average Bonchev–Trinajstić information content (AvgIpc) is 3.52. The van der Waals surface area contributed by atoms with Gasteiger partial charge in [0.2, 0.25) is 0 Å². The highest BCUT2D eigenvalue weighted by molar-refractivity contribution is 7.07. The van der Waals surface area contributed by atoms with Gasteiger partial charge in [0.05, 0.1) is 33.4 Å². The maximum absolute atomic E-state index is 13.8. The summed E-state index contributed by atoms with van der Waals surface area (Å²) in [5.41, 5.74) is 2.89. The highest BCUT2D eigenvalue weighted by Gasteiger charge is 2.33. The van der Waals surface area contributed by atoms with Crippen molar-refractivity contribution in [3.63, 3.8) is 0 Å². The second-order valence-electron chi connectivity index (χ2n) is 9.29. The molecule has 1 atom stereocenters. The SMILES string of the molecule is CCOC(=O)C1=C(C)N=c2s/c(=C/c3ccc(-c4ccc([N+](=O)[O-])cc4)o3)c(=O)n2[C@@H]1c1ccc(N(C)C)cc1. The molecule has 0 saturated carbocycles. The van der Waals surface area contributed by atoms with Gasteiger partial charge < -0.3 is 14.1 Å². The zero-order valence-electron chi connectivity index (χ0n) is 22.3. The number of nitrogens with zero attached hydrogens (tertiary/aromatic N) is 4. The van der Waals surface area contributed by atoms with Crippen LogP contribution in [0.5, 0.6) is 0 Å². The molecular weight excluding hydrogens is 532 g/mol. The van der Waals surface area contributed by atoms with Crippen LogP contribution in [0.15, 0.2) is 86.1 Å². The van der Waals surface area contributed by atoms with Crippen LogP contribution in [0.25, 0.3) is 17.4 Å². The van der Waals surface area contributed by atoms with Crippen LogP contribution in [0.3, 0.4) is 0 Å². The quantitative estimate of drug-likeness (QED) is 0.191. The average molecular weight is 559 g/mol. The second kappa shape index (κ2) is 10.8. The summed E-state index contributed by atoms with van der Waals surface area (Å²) in [5, 5.41) is 10.9. The van der Waals surface area contributed by atoms with E-state index in [4.69, 9.17) is 9.15 Å². The van der Waals surface area contributed by atoms with Gasteiger partial charge in [0.15, 0.2) is 4.80 Å². The summed E-state index contributed by atoms with van der Waals surface area (Å²) in [4.78, 5) is 44.4. The van der Waals surface area contributed by atoms with Gasteiger partial charge in [0.1, 0.15) is 11.5 Å². The van der Waals surface area contributed by atoms with E-state index in [-0.39, 0.29) is 17.9 Å². The number of furan rings is 1. The third-order valence-corrected chi connectivity index (χ3v) is 7.49. The van der Waals surface area contributed by atoms with Crippen molar-refractivity contribution in [2.75, 3.05) is 25.6 Å². The van der Waals surface area contributed by atoms with E-state index in [9.17, 15) is 19.7 Å². The zero-order chi connectivity index (χ0) is 28.6. The van der Waals surface area contributed by atoms with E-state index in [1.807, 2.05) is 43.3 Å². The summed E-state index contributed by atoms with van der Waals surface area (Å²) in [6, 6.07) is 16.5. The molecule has 0 fully saturated rings. The van der Waals surface area contributed by atoms with Gasteiger partial charge in [-0.3, -0.25) is 19.5 Å². The molecule has 2 aromatic carbocycles. The van der Waals surface area contributed by atoms with Gasteiger partial charge in [-0.1, -0.05) is 23.5 Å². The molecule has 0 spiro atoms. The number of hydrogen-bond donors (Lipinski definition) is 0. The number of non-ortho nitro benzene ring substituents is 1. The number of fused-ring (bicyclic) bond motifs is 1. The Morgan fingerprint density at radius 1 is 1.15 bits per heavy atom. The fourth-order valence-electron chi connectivity index (χ4n) is 4.52. The lowest BCUT2D eigenvalue weighted by Gasteiger charge is -2.25. The number of rotatable bonds is 7. The van der Waals surface area contributed by atoms with Crippen molar-refractivity contribution in [3.8, 4) is 11.3 Å². The molecule has 0 bridgehead atoms. The topological polar surface area (TPSA) is 120 Å². The van der Waals surface area contributed by atoms with Gasteiger partial charge in [-0.05, 0) is 55.8 Å². The molecule has 1 aliphatic rings. The van der Waals surface area contributed by atoms with Crippen LogP contribution in [0.1, 0.15) is 31.2 Å². The van der Waals surface area contributed by atoms with E-state index < -0.39 is 16.9 Å². The molecule has 0 saturated heterocycles. The smallest absolute Gasteiger partial charge is 0.338 e. The minimum Gasteiger partial charge on any atom is -0.463 e. The van der Waals surface area contributed by atoms with E-state index in [0.29, 0.717) is 37.7 Å². The Morgan fingerprint density at radius 2 is 1.85 bits per heavy atom. The first kappa shape index (κ1) is 26.8. The van der Waals surface area contributed by atoms with Crippen LogP contribution in [-0.2, 0) is 9.53 Å². The normalized spacial score (nSPS) is 15.0. The summed E-state index contributed by atoms with van der Waals surface area (Å²) >= 11 is 1.20. The lowest BCUT2D eigenvalue weighted by Crippen LogP contribution is -2.39. The highest BCUT2D eigenvalue weighted by atomic mass is 32.1. The van der Waals surface area contributed by atoms with Crippen molar-refractivity contribution in [1.29, 1.82) is 0 Å². The third kappa shape index (κ3) is 4.98.